The zero-order chi connectivity index (χ0) is 12.0. The molecule has 1 fully saturated rings. The van der Waals surface area contributed by atoms with Crippen LogP contribution in [0.2, 0.25) is 10.0 Å². The number of hydrogen-bond acceptors (Lipinski definition) is 2. The predicted octanol–water partition coefficient (Wildman–Crippen LogP) is 4.43. The van der Waals surface area contributed by atoms with Gasteiger partial charge in [0, 0.05) is 23.1 Å². The molecule has 1 aliphatic carbocycles. The van der Waals surface area contributed by atoms with Gasteiger partial charge >= 0.3 is 0 Å². The van der Waals surface area contributed by atoms with E-state index in [1.807, 2.05) is 18.2 Å². The Hall–Kier alpha value is -0.990. The zero-order valence-corrected chi connectivity index (χ0v) is 10.8. The van der Waals surface area contributed by atoms with Gasteiger partial charge in [-0.05, 0) is 25.0 Å². The van der Waals surface area contributed by atoms with Crippen molar-refractivity contribution in [2.45, 2.75) is 18.8 Å². The Balaban J connectivity index is 2.24. The first kappa shape index (κ1) is 11.1. The molecule has 1 aromatic carbocycles. The minimum Gasteiger partial charge on any atom is -0.495 e. The normalized spacial score (nSPS) is 15.2. The van der Waals surface area contributed by atoms with Gasteiger partial charge in [-0.25, -0.2) is 0 Å². The van der Waals surface area contributed by atoms with Gasteiger partial charge in [0.25, 0.3) is 0 Å². The van der Waals surface area contributed by atoms with Crippen LogP contribution in [-0.4, -0.2) is 12.1 Å². The molecule has 1 heterocycles. The molecule has 88 valence electrons. The van der Waals surface area contributed by atoms with Gasteiger partial charge in [-0.1, -0.05) is 23.2 Å². The molecule has 0 aliphatic heterocycles. The highest BCUT2D eigenvalue weighted by Gasteiger charge is 2.26. The van der Waals surface area contributed by atoms with Gasteiger partial charge in [0.1, 0.15) is 5.75 Å². The van der Waals surface area contributed by atoms with E-state index in [0.29, 0.717) is 21.7 Å². The Bertz CT molecular complexity index is 593. The van der Waals surface area contributed by atoms with Crippen LogP contribution in [0.1, 0.15) is 24.5 Å². The van der Waals surface area contributed by atoms with Crippen molar-refractivity contribution >= 4 is 34.1 Å². The van der Waals surface area contributed by atoms with Crippen LogP contribution in [-0.2, 0) is 0 Å². The topological polar surface area (TPSA) is 22.1 Å². The lowest BCUT2D eigenvalue weighted by Gasteiger charge is -2.08. The Morgan fingerprint density at radius 1 is 1.18 bits per heavy atom. The number of hydrogen-bond donors (Lipinski definition) is 0. The molecule has 1 saturated carbocycles. The van der Waals surface area contributed by atoms with Crippen LogP contribution in [0, 0.1) is 0 Å². The second kappa shape index (κ2) is 4.04. The van der Waals surface area contributed by atoms with E-state index in [4.69, 9.17) is 27.9 Å². The van der Waals surface area contributed by atoms with Crippen molar-refractivity contribution in [2.24, 2.45) is 0 Å². The van der Waals surface area contributed by atoms with Gasteiger partial charge < -0.3 is 4.74 Å². The Morgan fingerprint density at radius 2 is 1.94 bits per heavy atom. The second-order valence-corrected chi connectivity index (χ2v) is 5.12. The van der Waals surface area contributed by atoms with Crippen LogP contribution in [0.5, 0.6) is 5.75 Å². The molecule has 2 nitrogen and oxygen atoms in total. The summed E-state index contributed by atoms with van der Waals surface area (Å²) in [6, 6.07) is 5.60. The van der Waals surface area contributed by atoms with E-state index in [0.717, 1.165) is 16.6 Å². The molecule has 0 bridgehead atoms. The first-order valence-corrected chi connectivity index (χ1v) is 6.28. The summed E-state index contributed by atoms with van der Waals surface area (Å²) in [4.78, 5) is 4.62. The molecule has 0 spiro atoms. The molecule has 0 atom stereocenters. The fourth-order valence-corrected chi connectivity index (χ4v) is 2.45. The van der Waals surface area contributed by atoms with Crippen LogP contribution in [0.4, 0.5) is 0 Å². The Morgan fingerprint density at radius 3 is 2.59 bits per heavy atom. The standard InChI is InChI=1S/C13H11Cl2NO/c1-17-13-6-12-8(4-10(13)15)9(14)5-11(16-12)7-2-3-7/h4-7H,2-3H2,1H3. The minimum atomic E-state index is 0.558. The predicted molar refractivity (Wildman–Crippen MR) is 70.3 cm³/mol. The maximum Gasteiger partial charge on any atom is 0.139 e. The summed E-state index contributed by atoms with van der Waals surface area (Å²) in [5.41, 5.74) is 1.92. The highest BCUT2D eigenvalue weighted by molar-refractivity contribution is 6.37. The average Bonchev–Trinajstić information content (AvgIpc) is 3.13. The lowest BCUT2D eigenvalue weighted by Crippen LogP contribution is -1.91. The third-order valence-corrected chi connectivity index (χ3v) is 3.66. The molecule has 3 rings (SSSR count). The molecular weight excluding hydrogens is 257 g/mol. The van der Waals surface area contributed by atoms with Gasteiger partial charge in [0.2, 0.25) is 0 Å². The van der Waals surface area contributed by atoms with Crippen molar-refractivity contribution in [3.8, 4) is 5.75 Å². The molecule has 0 radical (unpaired) electrons. The number of pyridine rings is 1. The molecule has 0 N–H and O–H groups in total. The molecular formula is C13H11Cl2NO. The quantitative estimate of drug-likeness (QED) is 0.803. The number of aromatic nitrogens is 1. The number of benzene rings is 1. The zero-order valence-electron chi connectivity index (χ0n) is 9.34. The van der Waals surface area contributed by atoms with Crippen LogP contribution >= 0.6 is 23.2 Å². The maximum atomic E-state index is 6.26. The smallest absolute Gasteiger partial charge is 0.139 e. The molecule has 4 heteroatoms. The Labute approximate surface area is 110 Å². The number of ether oxygens (including phenoxy) is 1. The van der Waals surface area contributed by atoms with Crippen LogP contribution < -0.4 is 4.74 Å². The number of nitrogens with zero attached hydrogens (tertiary/aromatic N) is 1. The van der Waals surface area contributed by atoms with Crippen LogP contribution in [0.25, 0.3) is 10.9 Å². The third-order valence-electron chi connectivity index (χ3n) is 3.05. The monoisotopic (exact) mass is 267 g/mol. The summed E-state index contributed by atoms with van der Waals surface area (Å²) < 4.78 is 5.19. The number of halogens is 2. The molecule has 2 aromatic rings. The molecule has 0 amide bonds. The van der Waals surface area contributed by atoms with Crippen LogP contribution in [0.3, 0.4) is 0 Å². The van der Waals surface area contributed by atoms with E-state index in [1.165, 1.54) is 12.8 Å². The van der Waals surface area contributed by atoms with Gasteiger partial charge in [-0.2, -0.15) is 0 Å². The van der Waals surface area contributed by atoms with Gasteiger partial charge in [0.15, 0.2) is 0 Å². The van der Waals surface area contributed by atoms with E-state index >= 15 is 0 Å². The first-order valence-electron chi connectivity index (χ1n) is 5.52. The summed E-state index contributed by atoms with van der Waals surface area (Å²) >= 11 is 12.3. The fourth-order valence-electron chi connectivity index (χ4n) is 1.95. The summed E-state index contributed by atoms with van der Waals surface area (Å²) in [6.45, 7) is 0. The molecule has 1 aliphatic rings. The lowest BCUT2D eigenvalue weighted by molar-refractivity contribution is 0.415. The molecule has 0 saturated heterocycles. The highest BCUT2D eigenvalue weighted by Crippen LogP contribution is 2.42. The summed E-state index contributed by atoms with van der Waals surface area (Å²) in [5, 5.41) is 2.14. The average molecular weight is 268 g/mol. The van der Waals surface area contributed by atoms with E-state index in [9.17, 15) is 0 Å². The molecule has 17 heavy (non-hydrogen) atoms. The van der Waals surface area contributed by atoms with Crippen molar-refractivity contribution in [3.05, 3.63) is 33.9 Å². The minimum absolute atomic E-state index is 0.558. The van der Waals surface area contributed by atoms with Crippen molar-refractivity contribution in [1.82, 2.24) is 4.98 Å². The fraction of sp³-hybridized carbons (Fsp3) is 0.308. The van der Waals surface area contributed by atoms with Gasteiger partial charge in [0.05, 0.1) is 22.7 Å². The van der Waals surface area contributed by atoms with Gasteiger partial charge in [-0.3, -0.25) is 4.98 Å². The second-order valence-electron chi connectivity index (χ2n) is 4.31. The summed E-state index contributed by atoms with van der Waals surface area (Å²) in [7, 11) is 1.60. The molecule has 1 aromatic heterocycles. The van der Waals surface area contributed by atoms with Crippen molar-refractivity contribution in [2.75, 3.05) is 7.11 Å². The van der Waals surface area contributed by atoms with Gasteiger partial charge in [-0.15, -0.1) is 0 Å². The Kier molecular flexibility index (Phi) is 2.64. The molecule has 0 unspecified atom stereocenters. The SMILES string of the molecule is COc1cc2nc(C3CC3)cc(Cl)c2cc1Cl. The van der Waals surface area contributed by atoms with Crippen LogP contribution in [0.15, 0.2) is 18.2 Å². The van der Waals surface area contributed by atoms with E-state index in [-0.39, 0.29) is 0 Å². The maximum absolute atomic E-state index is 6.26. The van der Waals surface area contributed by atoms with E-state index in [1.54, 1.807) is 7.11 Å². The number of rotatable bonds is 2. The third kappa shape index (κ3) is 1.96. The summed E-state index contributed by atoms with van der Waals surface area (Å²) in [5.74, 6) is 1.22. The summed E-state index contributed by atoms with van der Waals surface area (Å²) in [6.07, 6.45) is 2.42. The van der Waals surface area contributed by atoms with E-state index < -0.39 is 0 Å². The largest absolute Gasteiger partial charge is 0.495 e. The van der Waals surface area contributed by atoms with E-state index in [2.05, 4.69) is 4.98 Å². The van der Waals surface area contributed by atoms with Crippen molar-refractivity contribution < 1.29 is 4.74 Å². The van der Waals surface area contributed by atoms with Crippen molar-refractivity contribution in [1.29, 1.82) is 0 Å². The first-order chi connectivity index (χ1) is 8.19. The number of methoxy groups -OCH3 is 1. The highest BCUT2D eigenvalue weighted by atomic mass is 35.5. The lowest BCUT2D eigenvalue weighted by atomic mass is 10.1. The van der Waals surface area contributed by atoms with Crippen molar-refractivity contribution in [3.63, 3.8) is 0 Å². The number of fused-ring (bicyclic) bond motifs is 1.